The lowest BCUT2D eigenvalue weighted by atomic mass is 10.0. The Morgan fingerprint density at radius 2 is 1.74 bits per heavy atom. The van der Waals surface area contributed by atoms with Crippen molar-refractivity contribution in [1.82, 2.24) is 24.8 Å². The van der Waals surface area contributed by atoms with Gasteiger partial charge in [-0.15, -0.1) is 0 Å². The van der Waals surface area contributed by atoms with Gasteiger partial charge in [-0.2, -0.15) is 0 Å². The average Bonchev–Trinajstić information content (AvgIpc) is 3.40. The van der Waals surface area contributed by atoms with Crippen LogP contribution < -0.4 is 5.32 Å². The maximum Gasteiger partial charge on any atom is 0.170 e. The van der Waals surface area contributed by atoms with Crippen molar-refractivity contribution in [3.8, 4) is 5.69 Å². The zero-order valence-corrected chi connectivity index (χ0v) is 17.4. The molecule has 154 valence electrons. The van der Waals surface area contributed by atoms with Gasteiger partial charge in [0.1, 0.15) is 5.82 Å². The highest BCUT2D eigenvalue weighted by molar-refractivity contribution is 7.80. The molecule has 2 atom stereocenters. The second-order valence-electron chi connectivity index (χ2n) is 7.36. The molecule has 1 N–H and O–H groups in total. The molecule has 7 heteroatoms. The number of pyridine rings is 2. The Hall–Kier alpha value is -3.58. The van der Waals surface area contributed by atoms with Gasteiger partial charge >= 0.3 is 0 Å². The number of halogens is 1. The van der Waals surface area contributed by atoms with Crippen molar-refractivity contribution in [1.29, 1.82) is 0 Å². The highest BCUT2D eigenvalue weighted by Gasteiger charge is 2.41. The van der Waals surface area contributed by atoms with E-state index in [-0.39, 0.29) is 17.9 Å². The molecular weight excluding hydrogens is 409 g/mol. The number of rotatable bonds is 5. The van der Waals surface area contributed by atoms with E-state index in [2.05, 4.69) is 20.2 Å². The topological polar surface area (TPSA) is 46.0 Å². The molecule has 3 aromatic heterocycles. The fourth-order valence-electron chi connectivity index (χ4n) is 4.08. The maximum absolute atomic E-state index is 14.7. The average molecular weight is 430 g/mol. The van der Waals surface area contributed by atoms with Crippen LogP contribution in [0.2, 0.25) is 0 Å². The van der Waals surface area contributed by atoms with Gasteiger partial charge in [-0.1, -0.05) is 18.2 Å². The van der Waals surface area contributed by atoms with Crippen LogP contribution in [-0.2, 0) is 6.54 Å². The monoisotopic (exact) mass is 429 g/mol. The minimum atomic E-state index is -0.274. The van der Waals surface area contributed by atoms with Crippen LogP contribution in [0.3, 0.4) is 0 Å². The number of hydrogen-bond donors (Lipinski definition) is 1. The molecule has 31 heavy (non-hydrogen) atoms. The second-order valence-corrected chi connectivity index (χ2v) is 7.75. The maximum atomic E-state index is 14.7. The molecule has 1 fully saturated rings. The van der Waals surface area contributed by atoms with E-state index in [1.54, 1.807) is 30.7 Å². The number of hydrogen-bond acceptors (Lipinski definition) is 3. The van der Waals surface area contributed by atoms with Gasteiger partial charge in [0.25, 0.3) is 0 Å². The minimum absolute atomic E-state index is 0.170. The SMILES string of the molecule is Fc1ccccc1-n1cccc1[C@H]1[C@@H](c2ccccn2)NC(=S)N1Cc1ccncc1. The first-order chi connectivity index (χ1) is 15.2. The summed E-state index contributed by atoms with van der Waals surface area (Å²) in [6.07, 6.45) is 7.21. The van der Waals surface area contributed by atoms with Gasteiger partial charge in [-0.3, -0.25) is 9.97 Å². The number of aromatic nitrogens is 3. The summed E-state index contributed by atoms with van der Waals surface area (Å²) in [6.45, 7) is 0.602. The molecule has 4 aromatic rings. The summed E-state index contributed by atoms with van der Waals surface area (Å²) in [7, 11) is 0. The van der Waals surface area contributed by atoms with Gasteiger partial charge in [0, 0.05) is 37.0 Å². The van der Waals surface area contributed by atoms with Gasteiger partial charge in [0.15, 0.2) is 5.11 Å². The molecule has 1 saturated heterocycles. The summed E-state index contributed by atoms with van der Waals surface area (Å²) in [5.74, 6) is -0.274. The van der Waals surface area contributed by atoms with Crippen molar-refractivity contribution in [2.24, 2.45) is 0 Å². The molecule has 5 rings (SSSR count). The summed E-state index contributed by atoms with van der Waals surface area (Å²) in [6, 6.07) is 20.2. The minimum Gasteiger partial charge on any atom is -0.352 e. The van der Waals surface area contributed by atoms with Crippen LogP contribution in [-0.4, -0.2) is 24.5 Å². The van der Waals surface area contributed by atoms with Crippen molar-refractivity contribution in [3.63, 3.8) is 0 Å². The summed E-state index contributed by atoms with van der Waals surface area (Å²) >= 11 is 5.74. The third-order valence-corrected chi connectivity index (χ3v) is 5.85. The number of benzene rings is 1. The van der Waals surface area contributed by atoms with Crippen LogP contribution in [0, 0.1) is 5.82 Å². The molecule has 0 aliphatic carbocycles. The predicted octanol–water partition coefficient (Wildman–Crippen LogP) is 4.58. The molecule has 1 aliphatic rings. The normalized spacial score (nSPS) is 18.2. The molecule has 0 unspecified atom stereocenters. The zero-order chi connectivity index (χ0) is 21.2. The van der Waals surface area contributed by atoms with Crippen LogP contribution in [0.1, 0.15) is 29.0 Å². The van der Waals surface area contributed by atoms with E-state index in [1.165, 1.54) is 6.07 Å². The van der Waals surface area contributed by atoms with Crippen molar-refractivity contribution in [2.75, 3.05) is 0 Å². The Morgan fingerprint density at radius 3 is 2.52 bits per heavy atom. The lowest BCUT2D eigenvalue weighted by Crippen LogP contribution is -2.30. The smallest absolute Gasteiger partial charge is 0.170 e. The Kier molecular flexibility index (Phi) is 5.18. The second kappa shape index (κ2) is 8.28. The van der Waals surface area contributed by atoms with Gasteiger partial charge in [-0.25, -0.2) is 4.39 Å². The standard InChI is InChI=1S/C24H20FN5S/c25-18-6-1-2-8-20(18)29-15-5-9-21(29)23-22(19-7-3-4-12-27-19)28-24(31)30(23)16-17-10-13-26-14-11-17/h1-15,22-23H,16H2,(H,28,31)/t22-,23+/m1/s1. The third kappa shape index (κ3) is 3.68. The third-order valence-electron chi connectivity index (χ3n) is 5.50. The number of para-hydroxylation sites is 1. The lowest BCUT2D eigenvalue weighted by Gasteiger charge is -2.29. The van der Waals surface area contributed by atoms with Gasteiger partial charge in [0.05, 0.1) is 23.5 Å². The largest absolute Gasteiger partial charge is 0.352 e. The van der Waals surface area contributed by atoms with Gasteiger partial charge < -0.3 is 14.8 Å². The summed E-state index contributed by atoms with van der Waals surface area (Å²) in [5.41, 5.74) is 3.41. The van der Waals surface area contributed by atoms with Crippen molar-refractivity contribution < 1.29 is 4.39 Å². The van der Waals surface area contributed by atoms with Crippen LogP contribution in [0.25, 0.3) is 5.69 Å². The van der Waals surface area contributed by atoms with E-state index >= 15 is 0 Å². The highest BCUT2D eigenvalue weighted by atomic mass is 32.1. The van der Waals surface area contributed by atoms with E-state index < -0.39 is 0 Å². The quantitative estimate of drug-likeness (QED) is 0.471. The fraction of sp³-hybridized carbons (Fsp3) is 0.125. The molecule has 1 aliphatic heterocycles. The fourth-order valence-corrected chi connectivity index (χ4v) is 4.39. The Labute approximate surface area is 185 Å². The van der Waals surface area contributed by atoms with Crippen LogP contribution in [0.15, 0.2) is 91.5 Å². The molecule has 0 saturated carbocycles. The molecule has 1 aromatic carbocycles. The number of thiocarbonyl (C=S) groups is 1. The van der Waals surface area contributed by atoms with Crippen molar-refractivity contribution in [3.05, 3.63) is 114 Å². The lowest BCUT2D eigenvalue weighted by molar-refractivity contribution is 0.302. The van der Waals surface area contributed by atoms with E-state index in [9.17, 15) is 4.39 Å². The van der Waals surface area contributed by atoms with E-state index in [0.29, 0.717) is 17.3 Å². The van der Waals surface area contributed by atoms with Crippen molar-refractivity contribution in [2.45, 2.75) is 18.6 Å². The molecular formula is C24H20FN5S. The number of nitrogens with one attached hydrogen (secondary N) is 1. The first kappa shape index (κ1) is 19.4. The molecule has 5 nitrogen and oxygen atoms in total. The summed E-state index contributed by atoms with van der Waals surface area (Å²) in [5, 5.41) is 4.08. The Balaban J connectivity index is 1.62. The zero-order valence-electron chi connectivity index (χ0n) is 16.6. The highest BCUT2D eigenvalue weighted by Crippen LogP contribution is 2.40. The van der Waals surface area contributed by atoms with Gasteiger partial charge in [-0.05, 0) is 66.3 Å². The van der Waals surface area contributed by atoms with Gasteiger partial charge in [0.2, 0.25) is 0 Å². The molecule has 0 radical (unpaired) electrons. The summed E-state index contributed by atoms with van der Waals surface area (Å²) in [4.78, 5) is 10.8. The van der Waals surface area contributed by atoms with Crippen LogP contribution in [0.4, 0.5) is 4.39 Å². The Morgan fingerprint density at radius 1 is 0.935 bits per heavy atom. The van der Waals surface area contributed by atoms with E-state index in [0.717, 1.165) is 17.0 Å². The first-order valence-electron chi connectivity index (χ1n) is 10.0. The molecule has 0 spiro atoms. The van der Waals surface area contributed by atoms with Crippen LogP contribution >= 0.6 is 12.2 Å². The first-order valence-corrected chi connectivity index (χ1v) is 10.4. The molecule has 0 bridgehead atoms. The molecule has 0 amide bonds. The predicted molar refractivity (Wildman–Crippen MR) is 121 cm³/mol. The molecule has 4 heterocycles. The van der Waals surface area contributed by atoms with Crippen LogP contribution in [0.5, 0.6) is 0 Å². The van der Waals surface area contributed by atoms with E-state index in [4.69, 9.17) is 12.2 Å². The Bertz CT molecular complexity index is 1190. The number of nitrogens with zero attached hydrogens (tertiary/aromatic N) is 4. The van der Waals surface area contributed by atoms with E-state index in [1.807, 2.05) is 59.3 Å². The van der Waals surface area contributed by atoms with Crippen molar-refractivity contribution >= 4 is 17.3 Å². The summed E-state index contributed by atoms with van der Waals surface area (Å²) < 4.78 is 16.6.